The Bertz CT molecular complexity index is 363. The molecule has 0 amide bonds. The molecule has 0 aromatic heterocycles. The Balaban J connectivity index is 2.23. The number of nitrogens with zero attached hydrogens (tertiary/aromatic N) is 1. The van der Waals surface area contributed by atoms with Gasteiger partial charge in [-0.1, -0.05) is 0 Å². The van der Waals surface area contributed by atoms with Gasteiger partial charge in [0.15, 0.2) is 0 Å². The Kier molecular flexibility index (Phi) is 4.45. The Hall–Kier alpha value is -0.610. The molecule has 0 aromatic carbocycles. The number of methoxy groups -OCH3 is 1. The lowest BCUT2D eigenvalue weighted by atomic mass is 9.89. The molecule has 0 aromatic rings. The third kappa shape index (κ3) is 3.01. The van der Waals surface area contributed by atoms with Crippen molar-refractivity contribution < 1.29 is 9.53 Å². The quantitative estimate of drug-likeness (QED) is 0.758. The van der Waals surface area contributed by atoms with Crippen LogP contribution in [0.3, 0.4) is 0 Å². The molecule has 1 aliphatic carbocycles. The minimum absolute atomic E-state index is 0.0867. The normalized spacial score (nSPS) is 25.7. The van der Waals surface area contributed by atoms with Gasteiger partial charge < -0.3 is 4.74 Å². The summed E-state index contributed by atoms with van der Waals surface area (Å²) in [4.78, 5) is 15.0. The molecule has 4 nitrogen and oxygen atoms in total. The van der Waals surface area contributed by atoms with Crippen LogP contribution in [0.1, 0.15) is 53.4 Å². The first-order chi connectivity index (χ1) is 9.32. The van der Waals surface area contributed by atoms with E-state index in [1.165, 1.54) is 20.0 Å². The molecular formula is C16H30N2O2. The minimum Gasteiger partial charge on any atom is -0.468 e. The van der Waals surface area contributed by atoms with E-state index in [4.69, 9.17) is 4.74 Å². The maximum Gasteiger partial charge on any atom is 0.327 e. The van der Waals surface area contributed by atoms with E-state index in [1.807, 2.05) is 0 Å². The number of rotatable bonds is 6. The zero-order valence-corrected chi connectivity index (χ0v) is 13.7. The first-order valence-corrected chi connectivity index (χ1v) is 7.93. The summed E-state index contributed by atoms with van der Waals surface area (Å²) in [5.41, 5.74) is -0.336. The van der Waals surface area contributed by atoms with Gasteiger partial charge in [-0.15, -0.1) is 0 Å². The number of likely N-dealkylation sites (tertiary alicyclic amines) is 1. The first-order valence-electron chi connectivity index (χ1n) is 7.93. The van der Waals surface area contributed by atoms with E-state index in [2.05, 4.69) is 37.9 Å². The van der Waals surface area contributed by atoms with Crippen molar-refractivity contribution in [2.75, 3.05) is 20.2 Å². The summed E-state index contributed by atoms with van der Waals surface area (Å²) < 4.78 is 5.17. The Labute approximate surface area is 123 Å². The molecular weight excluding hydrogens is 252 g/mol. The highest BCUT2D eigenvalue weighted by Crippen LogP contribution is 2.43. The van der Waals surface area contributed by atoms with Gasteiger partial charge in [-0.3, -0.25) is 10.2 Å². The van der Waals surface area contributed by atoms with Gasteiger partial charge in [-0.2, -0.15) is 0 Å². The van der Waals surface area contributed by atoms with Crippen molar-refractivity contribution in [2.24, 2.45) is 5.92 Å². The largest absolute Gasteiger partial charge is 0.468 e. The van der Waals surface area contributed by atoms with Crippen molar-refractivity contribution in [3.05, 3.63) is 0 Å². The fourth-order valence-electron chi connectivity index (χ4n) is 3.61. The SMILES string of the molecule is COC(=O)C(CN1CCCC1(C)C)(NC(C)C)C1CC1. The second kappa shape index (κ2) is 5.64. The van der Waals surface area contributed by atoms with E-state index in [0.717, 1.165) is 25.9 Å². The average molecular weight is 282 g/mol. The van der Waals surface area contributed by atoms with Gasteiger partial charge in [0.05, 0.1) is 7.11 Å². The van der Waals surface area contributed by atoms with Gasteiger partial charge in [-0.05, 0) is 65.8 Å². The average Bonchev–Trinajstić information content (AvgIpc) is 3.14. The summed E-state index contributed by atoms with van der Waals surface area (Å²) in [6, 6.07) is 0.278. The molecule has 1 saturated heterocycles. The summed E-state index contributed by atoms with van der Waals surface area (Å²) in [6.45, 7) is 10.6. The Morgan fingerprint density at radius 3 is 2.50 bits per heavy atom. The monoisotopic (exact) mass is 282 g/mol. The van der Waals surface area contributed by atoms with Crippen molar-refractivity contribution >= 4 is 5.97 Å². The van der Waals surface area contributed by atoms with Crippen LogP contribution in [-0.4, -0.2) is 48.2 Å². The smallest absolute Gasteiger partial charge is 0.327 e. The van der Waals surface area contributed by atoms with Crippen molar-refractivity contribution in [1.82, 2.24) is 10.2 Å². The predicted molar refractivity (Wildman–Crippen MR) is 80.6 cm³/mol. The van der Waals surface area contributed by atoms with Crippen LogP contribution < -0.4 is 5.32 Å². The van der Waals surface area contributed by atoms with Gasteiger partial charge in [0.25, 0.3) is 0 Å². The third-order valence-corrected chi connectivity index (χ3v) is 4.88. The zero-order valence-electron chi connectivity index (χ0n) is 13.7. The molecule has 1 aliphatic heterocycles. The summed E-state index contributed by atoms with van der Waals surface area (Å²) in [6.07, 6.45) is 4.68. The number of esters is 1. The van der Waals surface area contributed by atoms with Gasteiger partial charge in [-0.25, -0.2) is 4.79 Å². The van der Waals surface area contributed by atoms with Gasteiger partial charge in [0.1, 0.15) is 5.54 Å². The van der Waals surface area contributed by atoms with Crippen LogP contribution in [0, 0.1) is 5.92 Å². The molecule has 20 heavy (non-hydrogen) atoms. The summed E-state index contributed by atoms with van der Waals surface area (Å²) >= 11 is 0. The van der Waals surface area contributed by atoms with E-state index in [1.54, 1.807) is 0 Å². The molecule has 1 unspecified atom stereocenters. The van der Waals surface area contributed by atoms with Gasteiger partial charge >= 0.3 is 5.97 Å². The topological polar surface area (TPSA) is 41.6 Å². The Morgan fingerprint density at radius 1 is 1.45 bits per heavy atom. The van der Waals surface area contributed by atoms with Crippen molar-refractivity contribution in [3.63, 3.8) is 0 Å². The van der Waals surface area contributed by atoms with Crippen LogP contribution in [0.15, 0.2) is 0 Å². The summed E-state index contributed by atoms with van der Waals surface area (Å²) in [5.74, 6) is 0.338. The standard InChI is InChI=1S/C16H30N2O2/c1-12(2)17-16(13-7-8-13,14(19)20-5)11-18-10-6-9-15(18,3)4/h12-13,17H,6-11H2,1-5H3. The summed E-state index contributed by atoms with van der Waals surface area (Å²) in [5, 5.41) is 3.55. The van der Waals surface area contributed by atoms with Crippen molar-refractivity contribution in [3.8, 4) is 0 Å². The Morgan fingerprint density at radius 2 is 2.10 bits per heavy atom. The lowest BCUT2D eigenvalue weighted by Gasteiger charge is -2.42. The van der Waals surface area contributed by atoms with Crippen molar-refractivity contribution in [2.45, 2.75) is 70.5 Å². The van der Waals surface area contributed by atoms with Crippen LogP contribution in [-0.2, 0) is 9.53 Å². The lowest BCUT2D eigenvalue weighted by Crippen LogP contribution is -2.64. The molecule has 4 heteroatoms. The molecule has 0 radical (unpaired) electrons. The van der Waals surface area contributed by atoms with Crippen LogP contribution in [0.2, 0.25) is 0 Å². The molecule has 1 atom stereocenters. The second-order valence-corrected chi connectivity index (χ2v) is 7.37. The molecule has 1 N–H and O–H groups in total. The molecule has 1 heterocycles. The van der Waals surface area contributed by atoms with Gasteiger partial charge in [0, 0.05) is 18.1 Å². The lowest BCUT2D eigenvalue weighted by molar-refractivity contribution is -0.151. The number of carbonyl (C=O) groups excluding carboxylic acids is 1. The second-order valence-electron chi connectivity index (χ2n) is 7.37. The van der Waals surface area contributed by atoms with Crippen LogP contribution in [0.5, 0.6) is 0 Å². The fraction of sp³-hybridized carbons (Fsp3) is 0.938. The number of hydrogen-bond acceptors (Lipinski definition) is 4. The molecule has 2 rings (SSSR count). The fourth-order valence-corrected chi connectivity index (χ4v) is 3.61. The van der Waals surface area contributed by atoms with Crippen LogP contribution in [0.4, 0.5) is 0 Å². The first kappa shape index (κ1) is 15.8. The van der Waals surface area contributed by atoms with E-state index >= 15 is 0 Å². The third-order valence-electron chi connectivity index (χ3n) is 4.88. The molecule has 2 fully saturated rings. The molecule has 0 bridgehead atoms. The van der Waals surface area contributed by atoms with E-state index in [0.29, 0.717) is 5.92 Å². The molecule has 0 spiro atoms. The number of nitrogens with one attached hydrogen (secondary N) is 1. The number of carbonyl (C=O) groups is 1. The highest BCUT2D eigenvalue weighted by molar-refractivity contribution is 5.82. The highest BCUT2D eigenvalue weighted by atomic mass is 16.5. The molecule has 1 saturated carbocycles. The van der Waals surface area contributed by atoms with Gasteiger partial charge in [0.2, 0.25) is 0 Å². The van der Waals surface area contributed by atoms with E-state index in [9.17, 15) is 4.79 Å². The van der Waals surface area contributed by atoms with E-state index < -0.39 is 5.54 Å². The maximum atomic E-state index is 12.5. The minimum atomic E-state index is -0.523. The predicted octanol–water partition coefficient (Wildman–Crippen LogP) is 2.18. The number of ether oxygens (including phenoxy) is 1. The van der Waals surface area contributed by atoms with E-state index in [-0.39, 0.29) is 17.6 Å². The highest BCUT2D eigenvalue weighted by Gasteiger charge is 2.54. The zero-order chi connectivity index (χ0) is 15.0. The van der Waals surface area contributed by atoms with Crippen molar-refractivity contribution in [1.29, 1.82) is 0 Å². The van der Waals surface area contributed by atoms with Crippen LogP contribution >= 0.6 is 0 Å². The molecule has 2 aliphatic rings. The molecule has 116 valence electrons. The summed E-state index contributed by atoms with van der Waals surface area (Å²) in [7, 11) is 1.51. The van der Waals surface area contributed by atoms with Crippen LogP contribution in [0.25, 0.3) is 0 Å². The maximum absolute atomic E-state index is 12.5. The number of hydrogen-bond donors (Lipinski definition) is 1.